The van der Waals surface area contributed by atoms with Crippen LogP contribution >= 0.6 is 0 Å². The molecule has 1 atom stereocenters. The third-order valence-corrected chi connectivity index (χ3v) is 1.91. The SMILES string of the molecule is COCCC(C)Nc1ncc(C)cn1. The molecule has 0 amide bonds. The van der Waals surface area contributed by atoms with Gasteiger partial charge in [-0.2, -0.15) is 0 Å². The molecule has 0 radical (unpaired) electrons. The zero-order chi connectivity index (χ0) is 10.4. The fourth-order valence-corrected chi connectivity index (χ4v) is 1.05. The van der Waals surface area contributed by atoms with E-state index in [0.717, 1.165) is 18.6 Å². The van der Waals surface area contributed by atoms with Crippen LogP contribution in [0.5, 0.6) is 0 Å². The summed E-state index contributed by atoms with van der Waals surface area (Å²) in [5.74, 6) is 0.680. The van der Waals surface area contributed by atoms with Crippen LogP contribution in [-0.4, -0.2) is 29.7 Å². The van der Waals surface area contributed by atoms with Gasteiger partial charge in [-0.25, -0.2) is 9.97 Å². The molecule has 0 saturated carbocycles. The minimum atomic E-state index is 0.331. The molecule has 0 aromatic carbocycles. The Morgan fingerprint density at radius 3 is 2.64 bits per heavy atom. The van der Waals surface area contributed by atoms with Crippen molar-refractivity contribution in [2.45, 2.75) is 26.3 Å². The van der Waals surface area contributed by atoms with Crippen LogP contribution in [0, 0.1) is 6.92 Å². The molecule has 14 heavy (non-hydrogen) atoms. The second-order valence-corrected chi connectivity index (χ2v) is 3.41. The molecule has 0 spiro atoms. The highest BCUT2D eigenvalue weighted by molar-refractivity contribution is 5.25. The summed E-state index contributed by atoms with van der Waals surface area (Å²) >= 11 is 0. The van der Waals surface area contributed by atoms with Crippen molar-refractivity contribution < 1.29 is 4.74 Å². The molecular formula is C10H17N3O. The minimum absolute atomic E-state index is 0.331. The highest BCUT2D eigenvalue weighted by Gasteiger charge is 2.02. The number of hydrogen-bond donors (Lipinski definition) is 1. The van der Waals surface area contributed by atoms with E-state index in [1.54, 1.807) is 19.5 Å². The third-order valence-electron chi connectivity index (χ3n) is 1.91. The second kappa shape index (κ2) is 5.54. The number of rotatable bonds is 5. The smallest absolute Gasteiger partial charge is 0.222 e. The average Bonchev–Trinajstić information content (AvgIpc) is 2.18. The Hall–Kier alpha value is -1.16. The first kappa shape index (κ1) is 10.9. The Kier molecular flexibility index (Phi) is 4.32. The van der Waals surface area contributed by atoms with E-state index in [0.29, 0.717) is 12.0 Å². The maximum atomic E-state index is 4.99. The van der Waals surface area contributed by atoms with E-state index in [-0.39, 0.29) is 0 Å². The Morgan fingerprint density at radius 1 is 1.43 bits per heavy atom. The summed E-state index contributed by atoms with van der Waals surface area (Å²) in [4.78, 5) is 8.33. The van der Waals surface area contributed by atoms with Crippen LogP contribution in [0.15, 0.2) is 12.4 Å². The lowest BCUT2D eigenvalue weighted by Gasteiger charge is -2.12. The predicted octanol–water partition coefficient (Wildman–Crippen LogP) is 1.62. The van der Waals surface area contributed by atoms with Crippen molar-refractivity contribution in [1.29, 1.82) is 0 Å². The summed E-state index contributed by atoms with van der Waals surface area (Å²) in [6.07, 6.45) is 4.56. The number of methoxy groups -OCH3 is 1. The summed E-state index contributed by atoms with van der Waals surface area (Å²) in [6, 6.07) is 0.331. The summed E-state index contributed by atoms with van der Waals surface area (Å²) in [5.41, 5.74) is 1.07. The van der Waals surface area contributed by atoms with Crippen LogP contribution < -0.4 is 5.32 Å². The highest BCUT2D eigenvalue weighted by atomic mass is 16.5. The Labute approximate surface area is 84.7 Å². The van der Waals surface area contributed by atoms with Crippen molar-refractivity contribution in [3.8, 4) is 0 Å². The van der Waals surface area contributed by atoms with Crippen molar-refractivity contribution in [2.24, 2.45) is 0 Å². The van der Waals surface area contributed by atoms with E-state index in [1.807, 2.05) is 6.92 Å². The molecule has 0 aliphatic carbocycles. The average molecular weight is 195 g/mol. The molecule has 4 heteroatoms. The van der Waals surface area contributed by atoms with Crippen LogP contribution in [0.3, 0.4) is 0 Å². The Morgan fingerprint density at radius 2 is 2.07 bits per heavy atom. The Bertz CT molecular complexity index is 261. The van der Waals surface area contributed by atoms with Crippen molar-refractivity contribution >= 4 is 5.95 Å². The number of ether oxygens (including phenoxy) is 1. The first-order valence-electron chi connectivity index (χ1n) is 4.76. The number of nitrogens with one attached hydrogen (secondary N) is 1. The monoisotopic (exact) mass is 195 g/mol. The molecule has 1 N–H and O–H groups in total. The minimum Gasteiger partial charge on any atom is -0.385 e. The van der Waals surface area contributed by atoms with E-state index < -0.39 is 0 Å². The molecule has 1 aromatic heterocycles. The molecule has 0 aliphatic heterocycles. The van der Waals surface area contributed by atoms with Gasteiger partial charge in [0.25, 0.3) is 0 Å². The molecule has 4 nitrogen and oxygen atoms in total. The van der Waals surface area contributed by atoms with Crippen LogP contribution in [0.2, 0.25) is 0 Å². The molecule has 1 rings (SSSR count). The largest absolute Gasteiger partial charge is 0.385 e. The maximum absolute atomic E-state index is 4.99. The van der Waals surface area contributed by atoms with E-state index in [4.69, 9.17) is 4.74 Å². The van der Waals surface area contributed by atoms with E-state index in [1.165, 1.54) is 0 Å². The number of hydrogen-bond acceptors (Lipinski definition) is 4. The number of nitrogens with zero attached hydrogens (tertiary/aromatic N) is 2. The van der Waals surface area contributed by atoms with Gasteiger partial charge in [-0.3, -0.25) is 0 Å². The van der Waals surface area contributed by atoms with Crippen molar-refractivity contribution in [3.63, 3.8) is 0 Å². The molecule has 1 heterocycles. The van der Waals surface area contributed by atoms with Crippen molar-refractivity contribution in [2.75, 3.05) is 19.0 Å². The van der Waals surface area contributed by atoms with E-state index in [2.05, 4.69) is 22.2 Å². The number of anilines is 1. The molecule has 0 fully saturated rings. The quantitative estimate of drug-likeness (QED) is 0.775. The normalized spacial score (nSPS) is 12.5. The molecule has 1 unspecified atom stereocenters. The van der Waals surface area contributed by atoms with Gasteiger partial charge in [-0.1, -0.05) is 0 Å². The summed E-state index contributed by atoms with van der Waals surface area (Å²) in [5, 5.41) is 3.20. The highest BCUT2D eigenvalue weighted by Crippen LogP contribution is 2.02. The van der Waals surface area contributed by atoms with Crippen molar-refractivity contribution in [1.82, 2.24) is 9.97 Å². The molecule has 0 saturated heterocycles. The van der Waals surface area contributed by atoms with Gasteiger partial charge in [0.1, 0.15) is 0 Å². The molecule has 0 bridgehead atoms. The van der Waals surface area contributed by atoms with Crippen LogP contribution in [0.1, 0.15) is 18.9 Å². The summed E-state index contributed by atoms with van der Waals surface area (Å²) < 4.78 is 4.99. The van der Waals surface area contributed by atoms with Gasteiger partial charge < -0.3 is 10.1 Å². The standard InChI is InChI=1S/C10H17N3O/c1-8-6-11-10(12-7-8)13-9(2)4-5-14-3/h6-7,9H,4-5H2,1-3H3,(H,11,12,13). The van der Waals surface area contributed by atoms with E-state index in [9.17, 15) is 0 Å². The molecule has 0 aliphatic rings. The zero-order valence-electron chi connectivity index (χ0n) is 8.95. The van der Waals surface area contributed by atoms with Gasteiger partial charge in [0.15, 0.2) is 0 Å². The lowest BCUT2D eigenvalue weighted by molar-refractivity contribution is 0.191. The van der Waals surface area contributed by atoms with Gasteiger partial charge in [0.2, 0.25) is 5.95 Å². The third kappa shape index (κ3) is 3.70. The van der Waals surface area contributed by atoms with Crippen molar-refractivity contribution in [3.05, 3.63) is 18.0 Å². The van der Waals surface area contributed by atoms with Gasteiger partial charge >= 0.3 is 0 Å². The first-order chi connectivity index (χ1) is 6.72. The molecular weight excluding hydrogens is 178 g/mol. The number of aromatic nitrogens is 2. The first-order valence-corrected chi connectivity index (χ1v) is 4.76. The fourth-order valence-electron chi connectivity index (χ4n) is 1.05. The number of aryl methyl sites for hydroxylation is 1. The van der Waals surface area contributed by atoms with Crippen LogP contribution in [-0.2, 0) is 4.74 Å². The summed E-state index contributed by atoms with van der Waals surface area (Å²) in [7, 11) is 1.70. The van der Waals surface area contributed by atoms with Crippen LogP contribution in [0.4, 0.5) is 5.95 Å². The van der Waals surface area contributed by atoms with Gasteiger partial charge in [-0.15, -0.1) is 0 Å². The topological polar surface area (TPSA) is 47.0 Å². The van der Waals surface area contributed by atoms with Gasteiger partial charge in [0.05, 0.1) is 0 Å². The van der Waals surface area contributed by atoms with Crippen LogP contribution in [0.25, 0.3) is 0 Å². The fraction of sp³-hybridized carbons (Fsp3) is 0.600. The molecule has 78 valence electrons. The van der Waals surface area contributed by atoms with E-state index >= 15 is 0 Å². The maximum Gasteiger partial charge on any atom is 0.222 e. The van der Waals surface area contributed by atoms with Gasteiger partial charge in [0, 0.05) is 32.2 Å². The zero-order valence-corrected chi connectivity index (χ0v) is 8.95. The lowest BCUT2D eigenvalue weighted by Crippen LogP contribution is -2.18. The van der Waals surface area contributed by atoms with Gasteiger partial charge in [-0.05, 0) is 25.8 Å². The Balaban J connectivity index is 2.39. The second-order valence-electron chi connectivity index (χ2n) is 3.41. The predicted molar refractivity (Wildman–Crippen MR) is 56.3 cm³/mol. The lowest BCUT2D eigenvalue weighted by atomic mass is 10.2. The summed E-state index contributed by atoms with van der Waals surface area (Å²) in [6.45, 7) is 4.81. The molecule has 1 aromatic rings.